The second-order valence-corrected chi connectivity index (χ2v) is 5.01. The first-order chi connectivity index (χ1) is 10.4. The SMILES string of the molecule is CCn1nc(C)c(NC(=O)Cc2ccc([N+](=O)[O-])cc2)c1C. The number of nitrogens with one attached hydrogen (secondary N) is 1. The monoisotopic (exact) mass is 302 g/mol. The molecule has 7 heteroatoms. The Bertz CT molecular complexity index is 704. The van der Waals surface area contributed by atoms with E-state index in [1.165, 1.54) is 12.1 Å². The number of amides is 1. The van der Waals surface area contributed by atoms with Gasteiger partial charge < -0.3 is 5.32 Å². The summed E-state index contributed by atoms with van der Waals surface area (Å²) in [6.45, 7) is 6.48. The average Bonchev–Trinajstić information content (AvgIpc) is 2.75. The van der Waals surface area contributed by atoms with Crippen LogP contribution in [-0.4, -0.2) is 20.6 Å². The predicted molar refractivity (Wildman–Crippen MR) is 82.8 cm³/mol. The number of anilines is 1. The molecular weight excluding hydrogens is 284 g/mol. The Morgan fingerprint density at radius 1 is 1.32 bits per heavy atom. The number of non-ortho nitro benzene ring substituents is 1. The van der Waals surface area contributed by atoms with Gasteiger partial charge in [0.05, 0.1) is 28.4 Å². The zero-order valence-electron chi connectivity index (χ0n) is 12.8. The topological polar surface area (TPSA) is 90.1 Å². The van der Waals surface area contributed by atoms with Crippen LogP contribution in [-0.2, 0) is 17.8 Å². The maximum absolute atomic E-state index is 12.1. The van der Waals surface area contributed by atoms with E-state index in [0.29, 0.717) is 0 Å². The summed E-state index contributed by atoms with van der Waals surface area (Å²) in [5.41, 5.74) is 3.16. The molecule has 0 saturated carbocycles. The lowest BCUT2D eigenvalue weighted by molar-refractivity contribution is -0.384. The fourth-order valence-corrected chi connectivity index (χ4v) is 2.29. The van der Waals surface area contributed by atoms with Gasteiger partial charge in [-0.2, -0.15) is 5.10 Å². The van der Waals surface area contributed by atoms with E-state index in [1.807, 2.05) is 25.5 Å². The van der Waals surface area contributed by atoms with E-state index >= 15 is 0 Å². The maximum atomic E-state index is 12.1. The summed E-state index contributed by atoms with van der Waals surface area (Å²) in [5.74, 6) is -0.171. The van der Waals surface area contributed by atoms with Gasteiger partial charge in [-0.25, -0.2) is 0 Å². The third-order valence-corrected chi connectivity index (χ3v) is 3.46. The van der Waals surface area contributed by atoms with Gasteiger partial charge in [0.1, 0.15) is 0 Å². The lowest BCUT2D eigenvalue weighted by Crippen LogP contribution is -2.15. The Morgan fingerprint density at radius 2 is 1.95 bits per heavy atom. The number of aromatic nitrogens is 2. The molecular formula is C15H18N4O3. The molecule has 0 bridgehead atoms. The van der Waals surface area contributed by atoms with Crippen molar-refractivity contribution >= 4 is 17.3 Å². The van der Waals surface area contributed by atoms with Crippen LogP contribution < -0.4 is 5.32 Å². The van der Waals surface area contributed by atoms with Crippen molar-refractivity contribution in [3.05, 3.63) is 51.3 Å². The number of rotatable bonds is 5. The largest absolute Gasteiger partial charge is 0.323 e. The van der Waals surface area contributed by atoms with E-state index in [9.17, 15) is 14.9 Å². The number of benzene rings is 1. The van der Waals surface area contributed by atoms with Gasteiger partial charge in [0.25, 0.3) is 5.69 Å². The van der Waals surface area contributed by atoms with Crippen LogP contribution in [0.1, 0.15) is 23.9 Å². The first-order valence-electron chi connectivity index (χ1n) is 6.99. The van der Waals surface area contributed by atoms with Crippen molar-refractivity contribution in [2.75, 3.05) is 5.32 Å². The number of nitrogens with zero attached hydrogens (tertiary/aromatic N) is 3. The van der Waals surface area contributed by atoms with Crippen LogP contribution in [0.25, 0.3) is 0 Å². The molecule has 0 radical (unpaired) electrons. The highest BCUT2D eigenvalue weighted by Crippen LogP contribution is 2.20. The van der Waals surface area contributed by atoms with E-state index in [2.05, 4.69) is 10.4 Å². The Labute approximate surface area is 128 Å². The van der Waals surface area contributed by atoms with Crippen LogP contribution >= 0.6 is 0 Å². The minimum atomic E-state index is -0.463. The molecule has 7 nitrogen and oxygen atoms in total. The zero-order valence-corrected chi connectivity index (χ0v) is 12.8. The summed E-state index contributed by atoms with van der Waals surface area (Å²) in [6, 6.07) is 5.97. The second-order valence-electron chi connectivity index (χ2n) is 5.01. The summed E-state index contributed by atoms with van der Waals surface area (Å²) >= 11 is 0. The average molecular weight is 302 g/mol. The van der Waals surface area contributed by atoms with Crippen molar-refractivity contribution < 1.29 is 9.72 Å². The number of carbonyl (C=O) groups is 1. The van der Waals surface area contributed by atoms with Crippen molar-refractivity contribution in [2.45, 2.75) is 33.7 Å². The first-order valence-corrected chi connectivity index (χ1v) is 6.99. The molecule has 2 aromatic rings. The van der Waals surface area contributed by atoms with E-state index in [-0.39, 0.29) is 18.0 Å². The lowest BCUT2D eigenvalue weighted by atomic mass is 10.1. The number of hydrogen-bond donors (Lipinski definition) is 1. The van der Waals surface area contributed by atoms with Crippen molar-refractivity contribution in [1.82, 2.24) is 9.78 Å². The van der Waals surface area contributed by atoms with Crippen LogP contribution in [0.15, 0.2) is 24.3 Å². The third-order valence-electron chi connectivity index (χ3n) is 3.46. The Hall–Kier alpha value is -2.70. The van der Waals surface area contributed by atoms with Gasteiger partial charge in [-0.15, -0.1) is 0 Å². The van der Waals surface area contributed by atoms with Crippen LogP contribution in [0.4, 0.5) is 11.4 Å². The van der Waals surface area contributed by atoms with Gasteiger partial charge in [-0.3, -0.25) is 19.6 Å². The van der Waals surface area contributed by atoms with Gasteiger partial charge >= 0.3 is 0 Å². The molecule has 1 aromatic heterocycles. The van der Waals surface area contributed by atoms with Crippen molar-refractivity contribution in [3.8, 4) is 0 Å². The zero-order chi connectivity index (χ0) is 16.3. The molecule has 0 saturated heterocycles. The van der Waals surface area contributed by atoms with Gasteiger partial charge in [0.15, 0.2) is 0 Å². The fourth-order valence-electron chi connectivity index (χ4n) is 2.29. The molecule has 0 spiro atoms. The van der Waals surface area contributed by atoms with E-state index in [4.69, 9.17) is 0 Å². The quantitative estimate of drug-likeness (QED) is 0.679. The van der Waals surface area contributed by atoms with Crippen molar-refractivity contribution in [3.63, 3.8) is 0 Å². The molecule has 0 atom stereocenters. The minimum Gasteiger partial charge on any atom is -0.323 e. The molecule has 1 N–H and O–H groups in total. The predicted octanol–water partition coefficient (Wildman–Crippen LogP) is 2.61. The van der Waals surface area contributed by atoms with Crippen molar-refractivity contribution in [1.29, 1.82) is 0 Å². The second kappa shape index (κ2) is 6.38. The molecule has 0 fully saturated rings. The van der Waals surface area contributed by atoms with Gasteiger partial charge in [-0.05, 0) is 26.3 Å². The normalized spacial score (nSPS) is 10.5. The fraction of sp³-hybridized carbons (Fsp3) is 0.333. The van der Waals surface area contributed by atoms with Crippen LogP contribution in [0.3, 0.4) is 0 Å². The first kappa shape index (κ1) is 15.7. The third kappa shape index (κ3) is 3.30. The maximum Gasteiger partial charge on any atom is 0.269 e. The molecule has 116 valence electrons. The molecule has 0 aliphatic rings. The summed E-state index contributed by atoms with van der Waals surface area (Å²) < 4.78 is 1.83. The highest BCUT2D eigenvalue weighted by molar-refractivity contribution is 5.93. The Balaban J connectivity index is 2.07. The van der Waals surface area contributed by atoms with E-state index in [0.717, 1.165) is 29.2 Å². The summed E-state index contributed by atoms with van der Waals surface area (Å²) in [4.78, 5) is 22.3. The molecule has 1 aromatic carbocycles. The smallest absolute Gasteiger partial charge is 0.269 e. The van der Waals surface area contributed by atoms with Gasteiger partial charge in [-0.1, -0.05) is 12.1 Å². The standard InChI is InChI=1S/C15H18N4O3/c1-4-18-11(3)15(10(2)17-18)16-14(20)9-12-5-7-13(8-6-12)19(21)22/h5-8H,4,9H2,1-3H3,(H,16,20). The summed E-state index contributed by atoms with van der Waals surface area (Å²) in [5, 5.41) is 17.8. The molecule has 0 unspecified atom stereocenters. The van der Waals surface area contributed by atoms with Crippen LogP contribution in [0.2, 0.25) is 0 Å². The summed E-state index contributed by atoms with van der Waals surface area (Å²) in [7, 11) is 0. The summed E-state index contributed by atoms with van der Waals surface area (Å²) in [6.07, 6.45) is 0.161. The number of hydrogen-bond acceptors (Lipinski definition) is 4. The molecule has 2 rings (SSSR count). The number of aryl methyl sites for hydroxylation is 2. The van der Waals surface area contributed by atoms with Crippen LogP contribution in [0.5, 0.6) is 0 Å². The number of nitro benzene ring substituents is 1. The molecule has 1 heterocycles. The minimum absolute atomic E-state index is 0.0140. The Morgan fingerprint density at radius 3 is 2.45 bits per heavy atom. The highest BCUT2D eigenvalue weighted by Gasteiger charge is 2.14. The van der Waals surface area contributed by atoms with Crippen LogP contribution in [0, 0.1) is 24.0 Å². The highest BCUT2D eigenvalue weighted by atomic mass is 16.6. The molecule has 1 amide bonds. The Kier molecular flexibility index (Phi) is 4.55. The number of nitro groups is 1. The molecule has 22 heavy (non-hydrogen) atoms. The number of carbonyl (C=O) groups excluding carboxylic acids is 1. The van der Waals surface area contributed by atoms with E-state index in [1.54, 1.807) is 12.1 Å². The van der Waals surface area contributed by atoms with Gasteiger partial charge in [0, 0.05) is 18.7 Å². The molecule has 0 aliphatic heterocycles. The lowest BCUT2D eigenvalue weighted by Gasteiger charge is -2.06. The van der Waals surface area contributed by atoms with Gasteiger partial charge in [0.2, 0.25) is 5.91 Å². The molecule has 0 aliphatic carbocycles. The van der Waals surface area contributed by atoms with Crippen molar-refractivity contribution in [2.24, 2.45) is 0 Å². The van der Waals surface area contributed by atoms with E-state index < -0.39 is 4.92 Å².